The number of imidazole rings is 1. The summed E-state index contributed by atoms with van der Waals surface area (Å²) in [7, 11) is -2.76. The van der Waals surface area contributed by atoms with Crippen LogP contribution >= 0.6 is 0 Å². The van der Waals surface area contributed by atoms with Crippen molar-refractivity contribution in [2.45, 2.75) is 32.2 Å². The van der Waals surface area contributed by atoms with Gasteiger partial charge in [0.1, 0.15) is 9.84 Å². The Balaban J connectivity index is 2.07. The predicted octanol–water partition coefficient (Wildman–Crippen LogP) is 1.20. The number of rotatable bonds is 2. The smallest absolute Gasteiger partial charge is 0.150 e. The molecule has 0 aliphatic carbocycles. The quantitative estimate of drug-likeness (QED) is 0.764. The largest absolute Gasteiger partial charge is 0.334 e. The molecule has 0 aromatic carbocycles. The molecule has 0 unspecified atom stereocenters. The summed E-state index contributed by atoms with van der Waals surface area (Å²) in [6.07, 6.45) is 6.23. The molecule has 1 saturated heterocycles. The monoisotopic (exact) mass is 228 g/mol. The van der Waals surface area contributed by atoms with Crippen LogP contribution in [0.5, 0.6) is 0 Å². The van der Waals surface area contributed by atoms with Gasteiger partial charge in [-0.1, -0.05) is 6.92 Å². The molecule has 0 amide bonds. The molecule has 1 aromatic heterocycles. The molecule has 1 fully saturated rings. The molecule has 2 heterocycles. The normalized spacial score (nSPS) is 21.7. The minimum Gasteiger partial charge on any atom is -0.334 e. The van der Waals surface area contributed by atoms with E-state index in [-0.39, 0.29) is 0 Å². The van der Waals surface area contributed by atoms with Crippen LogP contribution in [0.1, 0.15) is 31.5 Å². The maximum absolute atomic E-state index is 11.3. The number of aromatic nitrogens is 2. The molecule has 0 N–H and O–H groups in total. The summed E-state index contributed by atoms with van der Waals surface area (Å²) in [4.78, 5) is 4.26. The highest BCUT2D eigenvalue weighted by atomic mass is 32.2. The van der Waals surface area contributed by atoms with Crippen molar-refractivity contribution in [3.8, 4) is 0 Å². The van der Waals surface area contributed by atoms with Crippen molar-refractivity contribution in [1.82, 2.24) is 9.55 Å². The van der Waals surface area contributed by atoms with Gasteiger partial charge in [-0.05, 0) is 19.3 Å². The molecule has 2 rings (SSSR count). The third-order valence-corrected chi connectivity index (χ3v) is 4.68. The zero-order chi connectivity index (χ0) is 10.9. The van der Waals surface area contributed by atoms with Crippen LogP contribution < -0.4 is 0 Å². The molecule has 1 aliphatic rings. The van der Waals surface area contributed by atoms with E-state index in [9.17, 15) is 8.42 Å². The zero-order valence-electron chi connectivity index (χ0n) is 8.89. The van der Waals surface area contributed by atoms with Gasteiger partial charge in [0.25, 0.3) is 0 Å². The van der Waals surface area contributed by atoms with Gasteiger partial charge in [0.2, 0.25) is 0 Å². The first-order chi connectivity index (χ1) is 7.11. The summed E-state index contributed by atoms with van der Waals surface area (Å²) in [5, 5.41) is 0. The Kier molecular flexibility index (Phi) is 2.82. The lowest BCUT2D eigenvalue weighted by Gasteiger charge is -2.22. The lowest BCUT2D eigenvalue weighted by atomic mass is 10.1. The van der Waals surface area contributed by atoms with Crippen molar-refractivity contribution in [2.24, 2.45) is 0 Å². The summed E-state index contributed by atoms with van der Waals surface area (Å²) in [5.74, 6) is 0.634. The molecule has 1 aromatic rings. The van der Waals surface area contributed by atoms with Gasteiger partial charge in [-0.15, -0.1) is 0 Å². The van der Waals surface area contributed by atoms with E-state index in [0.29, 0.717) is 17.5 Å². The van der Waals surface area contributed by atoms with Crippen LogP contribution in [0.4, 0.5) is 0 Å². The highest BCUT2D eigenvalue weighted by Crippen LogP contribution is 2.23. The van der Waals surface area contributed by atoms with Crippen molar-refractivity contribution in [1.29, 1.82) is 0 Å². The molecule has 1 aliphatic heterocycles. The Bertz CT molecular complexity index is 422. The molecule has 0 radical (unpaired) electrons. The van der Waals surface area contributed by atoms with Crippen LogP contribution in [-0.2, 0) is 16.3 Å². The number of sulfone groups is 1. The van der Waals surface area contributed by atoms with E-state index in [0.717, 1.165) is 25.0 Å². The van der Waals surface area contributed by atoms with Gasteiger partial charge in [0.15, 0.2) is 0 Å². The van der Waals surface area contributed by atoms with Gasteiger partial charge in [-0.2, -0.15) is 0 Å². The van der Waals surface area contributed by atoms with Crippen LogP contribution in [0.2, 0.25) is 0 Å². The fourth-order valence-corrected chi connectivity index (χ4v) is 3.40. The number of hydrogen-bond donors (Lipinski definition) is 0. The van der Waals surface area contributed by atoms with Crippen molar-refractivity contribution >= 4 is 9.84 Å². The Morgan fingerprint density at radius 1 is 1.47 bits per heavy atom. The maximum atomic E-state index is 11.3. The SMILES string of the molecule is CCc1cn(C2CCS(=O)(=O)CC2)cn1. The topological polar surface area (TPSA) is 52.0 Å². The molecule has 0 saturated carbocycles. The molecule has 0 spiro atoms. The Hall–Kier alpha value is -0.840. The van der Waals surface area contributed by atoms with Crippen LogP contribution in [0.25, 0.3) is 0 Å². The lowest BCUT2D eigenvalue weighted by Crippen LogP contribution is -2.24. The second-order valence-corrected chi connectivity index (χ2v) is 6.35. The highest BCUT2D eigenvalue weighted by molar-refractivity contribution is 7.91. The number of nitrogens with zero attached hydrogens (tertiary/aromatic N) is 2. The van der Waals surface area contributed by atoms with E-state index in [4.69, 9.17) is 0 Å². The Morgan fingerprint density at radius 2 is 2.13 bits per heavy atom. The van der Waals surface area contributed by atoms with E-state index in [2.05, 4.69) is 16.5 Å². The van der Waals surface area contributed by atoms with Gasteiger partial charge in [-0.25, -0.2) is 13.4 Å². The van der Waals surface area contributed by atoms with E-state index in [1.165, 1.54) is 0 Å². The minimum atomic E-state index is -2.76. The van der Waals surface area contributed by atoms with Gasteiger partial charge >= 0.3 is 0 Å². The van der Waals surface area contributed by atoms with Crippen LogP contribution in [0.15, 0.2) is 12.5 Å². The second kappa shape index (κ2) is 3.96. The molecule has 15 heavy (non-hydrogen) atoms. The first-order valence-corrected chi connectivity index (χ1v) is 7.15. The maximum Gasteiger partial charge on any atom is 0.150 e. The Morgan fingerprint density at radius 3 is 2.67 bits per heavy atom. The third-order valence-electron chi connectivity index (χ3n) is 2.96. The number of hydrogen-bond acceptors (Lipinski definition) is 3. The van der Waals surface area contributed by atoms with Crippen molar-refractivity contribution in [2.75, 3.05) is 11.5 Å². The summed E-state index contributed by atoms with van der Waals surface area (Å²) in [6.45, 7) is 2.07. The minimum absolute atomic E-state index is 0.317. The fraction of sp³-hybridized carbons (Fsp3) is 0.700. The Labute approximate surface area is 90.2 Å². The van der Waals surface area contributed by atoms with Gasteiger partial charge < -0.3 is 4.57 Å². The average Bonchev–Trinajstić information content (AvgIpc) is 2.66. The van der Waals surface area contributed by atoms with Crippen LogP contribution in [0.3, 0.4) is 0 Å². The van der Waals surface area contributed by atoms with E-state index in [1.54, 1.807) is 0 Å². The number of aryl methyl sites for hydroxylation is 1. The molecular formula is C10H16N2O2S. The molecule has 0 atom stereocenters. The standard InChI is InChI=1S/C10H16N2O2S/c1-2-9-7-12(8-11-9)10-3-5-15(13,14)6-4-10/h7-8,10H,2-6H2,1H3. The second-order valence-electron chi connectivity index (χ2n) is 4.05. The first-order valence-electron chi connectivity index (χ1n) is 5.33. The van der Waals surface area contributed by atoms with E-state index >= 15 is 0 Å². The van der Waals surface area contributed by atoms with Crippen LogP contribution in [-0.4, -0.2) is 29.5 Å². The van der Waals surface area contributed by atoms with Crippen LogP contribution in [0, 0.1) is 0 Å². The summed E-state index contributed by atoms with van der Waals surface area (Å²) >= 11 is 0. The first kappa shape index (κ1) is 10.7. The van der Waals surface area contributed by atoms with Crippen molar-refractivity contribution in [3.05, 3.63) is 18.2 Å². The van der Waals surface area contributed by atoms with Crippen molar-refractivity contribution in [3.63, 3.8) is 0 Å². The highest BCUT2D eigenvalue weighted by Gasteiger charge is 2.24. The molecule has 4 nitrogen and oxygen atoms in total. The molecular weight excluding hydrogens is 212 g/mol. The summed E-state index contributed by atoms with van der Waals surface area (Å²) < 4.78 is 24.6. The predicted molar refractivity (Wildman–Crippen MR) is 58.5 cm³/mol. The molecule has 84 valence electrons. The van der Waals surface area contributed by atoms with Gasteiger partial charge in [0.05, 0.1) is 23.5 Å². The molecule has 0 bridgehead atoms. The lowest BCUT2D eigenvalue weighted by molar-refractivity contribution is 0.449. The molecule has 5 heteroatoms. The van der Waals surface area contributed by atoms with Gasteiger partial charge in [-0.3, -0.25) is 0 Å². The van der Waals surface area contributed by atoms with E-state index in [1.807, 2.05) is 12.5 Å². The third kappa shape index (κ3) is 2.40. The van der Waals surface area contributed by atoms with Crippen molar-refractivity contribution < 1.29 is 8.42 Å². The van der Waals surface area contributed by atoms with Gasteiger partial charge in [0, 0.05) is 12.2 Å². The van der Waals surface area contributed by atoms with E-state index < -0.39 is 9.84 Å². The summed E-state index contributed by atoms with van der Waals surface area (Å²) in [5.41, 5.74) is 1.07. The average molecular weight is 228 g/mol. The summed E-state index contributed by atoms with van der Waals surface area (Å²) in [6, 6.07) is 0.321. The fourth-order valence-electron chi connectivity index (χ4n) is 1.94. The zero-order valence-corrected chi connectivity index (χ0v) is 9.70.